The van der Waals surface area contributed by atoms with Crippen molar-refractivity contribution in [2.45, 2.75) is 58.8 Å². The standard InChI is InChI=1S/C28H32/c1-3-5-6-8-24-9-11-25(12-10-24)13-14-26-17-21-28(22-18-26)27-19-15-23(7-4-2)16-20-27/h6,8-12,17-19,21-23H,3-5,7,15-16,20H2,1-2H3. The Morgan fingerprint density at radius 2 is 1.57 bits per heavy atom. The van der Waals surface area contributed by atoms with Gasteiger partial charge in [-0.25, -0.2) is 0 Å². The SMILES string of the molecule is CCCC=Cc1ccc(C#Cc2ccc(C3=CCC(CCC)CC3)cc2)cc1. The van der Waals surface area contributed by atoms with Gasteiger partial charge in [-0.2, -0.15) is 0 Å². The largest absolute Gasteiger partial charge is 0.0840 e. The Labute approximate surface area is 171 Å². The first-order valence-electron chi connectivity index (χ1n) is 10.9. The van der Waals surface area contributed by atoms with Gasteiger partial charge in [0.05, 0.1) is 0 Å². The van der Waals surface area contributed by atoms with Crippen LogP contribution in [-0.2, 0) is 0 Å². The Morgan fingerprint density at radius 3 is 2.14 bits per heavy atom. The molecule has 1 aliphatic rings. The van der Waals surface area contributed by atoms with Crippen LogP contribution >= 0.6 is 0 Å². The van der Waals surface area contributed by atoms with Crippen LogP contribution in [0.4, 0.5) is 0 Å². The number of hydrogen-bond acceptors (Lipinski definition) is 0. The van der Waals surface area contributed by atoms with E-state index in [9.17, 15) is 0 Å². The maximum absolute atomic E-state index is 3.30. The second-order valence-electron chi connectivity index (χ2n) is 7.80. The van der Waals surface area contributed by atoms with Gasteiger partial charge in [-0.05, 0) is 72.6 Å². The molecule has 2 aromatic carbocycles. The Hall–Kier alpha value is -2.52. The maximum Gasteiger partial charge on any atom is 0.0249 e. The summed E-state index contributed by atoms with van der Waals surface area (Å²) in [6.45, 7) is 4.49. The van der Waals surface area contributed by atoms with Crippen molar-refractivity contribution in [1.29, 1.82) is 0 Å². The monoisotopic (exact) mass is 368 g/mol. The summed E-state index contributed by atoms with van der Waals surface area (Å²) in [5, 5.41) is 0. The summed E-state index contributed by atoms with van der Waals surface area (Å²) in [5.74, 6) is 7.48. The molecule has 0 N–H and O–H groups in total. The first kappa shape index (κ1) is 20.2. The number of hydrogen-bond donors (Lipinski definition) is 0. The molecule has 0 saturated carbocycles. The van der Waals surface area contributed by atoms with Crippen molar-refractivity contribution in [2.24, 2.45) is 5.92 Å². The lowest BCUT2D eigenvalue weighted by Crippen LogP contribution is -2.04. The van der Waals surface area contributed by atoms with Gasteiger partial charge >= 0.3 is 0 Å². The minimum Gasteiger partial charge on any atom is -0.0840 e. The summed E-state index contributed by atoms with van der Waals surface area (Å²) in [6.07, 6.45) is 15.7. The summed E-state index contributed by atoms with van der Waals surface area (Å²) in [6, 6.07) is 17.3. The molecule has 144 valence electrons. The average Bonchev–Trinajstić information content (AvgIpc) is 2.75. The molecule has 0 aliphatic heterocycles. The zero-order valence-electron chi connectivity index (χ0n) is 17.4. The first-order valence-corrected chi connectivity index (χ1v) is 10.9. The number of rotatable bonds is 6. The molecular formula is C28H32. The first-order chi connectivity index (χ1) is 13.8. The van der Waals surface area contributed by atoms with Gasteiger partial charge < -0.3 is 0 Å². The minimum absolute atomic E-state index is 0.896. The smallest absolute Gasteiger partial charge is 0.0249 e. The molecule has 28 heavy (non-hydrogen) atoms. The molecule has 0 fully saturated rings. The quantitative estimate of drug-likeness (QED) is 0.455. The van der Waals surface area contributed by atoms with E-state index in [2.05, 4.69) is 92.4 Å². The van der Waals surface area contributed by atoms with Crippen LogP contribution in [0.3, 0.4) is 0 Å². The fourth-order valence-electron chi connectivity index (χ4n) is 3.80. The second kappa shape index (κ2) is 10.7. The van der Waals surface area contributed by atoms with Gasteiger partial charge in [0.25, 0.3) is 0 Å². The molecule has 3 rings (SSSR count). The third kappa shape index (κ3) is 6.00. The summed E-state index contributed by atoms with van der Waals surface area (Å²) < 4.78 is 0. The van der Waals surface area contributed by atoms with Crippen molar-refractivity contribution < 1.29 is 0 Å². The molecule has 0 spiro atoms. The van der Waals surface area contributed by atoms with Crippen LogP contribution in [0.2, 0.25) is 0 Å². The van der Waals surface area contributed by atoms with Crippen LogP contribution in [0.15, 0.2) is 60.7 Å². The van der Waals surface area contributed by atoms with Gasteiger partial charge in [-0.3, -0.25) is 0 Å². The molecule has 0 bridgehead atoms. The third-order valence-electron chi connectivity index (χ3n) is 5.50. The molecule has 0 heterocycles. The van der Waals surface area contributed by atoms with Crippen LogP contribution in [0.1, 0.15) is 81.0 Å². The molecule has 0 heteroatoms. The molecular weight excluding hydrogens is 336 g/mol. The fourth-order valence-corrected chi connectivity index (χ4v) is 3.80. The zero-order valence-corrected chi connectivity index (χ0v) is 17.4. The van der Waals surface area contributed by atoms with Crippen molar-refractivity contribution in [3.8, 4) is 11.8 Å². The zero-order chi connectivity index (χ0) is 19.6. The van der Waals surface area contributed by atoms with E-state index in [0.717, 1.165) is 23.5 Å². The lowest BCUT2D eigenvalue weighted by atomic mass is 9.84. The van der Waals surface area contributed by atoms with E-state index in [1.54, 1.807) is 0 Å². The molecule has 1 unspecified atom stereocenters. The lowest BCUT2D eigenvalue weighted by molar-refractivity contribution is 0.445. The topological polar surface area (TPSA) is 0 Å². The Bertz CT molecular complexity index is 851. The van der Waals surface area contributed by atoms with Gasteiger partial charge in [-0.15, -0.1) is 0 Å². The van der Waals surface area contributed by atoms with Crippen LogP contribution in [0.25, 0.3) is 11.6 Å². The van der Waals surface area contributed by atoms with Gasteiger partial charge in [-0.1, -0.05) is 87.4 Å². The Morgan fingerprint density at radius 1 is 0.893 bits per heavy atom. The molecule has 0 saturated heterocycles. The normalized spacial score (nSPS) is 16.5. The van der Waals surface area contributed by atoms with Crippen molar-refractivity contribution in [1.82, 2.24) is 0 Å². The molecule has 0 amide bonds. The maximum atomic E-state index is 3.30. The molecule has 1 aliphatic carbocycles. The summed E-state index contributed by atoms with van der Waals surface area (Å²) in [5.41, 5.74) is 6.26. The van der Waals surface area contributed by atoms with Crippen molar-refractivity contribution in [3.05, 3.63) is 82.9 Å². The minimum atomic E-state index is 0.896. The highest BCUT2D eigenvalue weighted by atomic mass is 14.2. The predicted octanol–water partition coefficient (Wildman–Crippen LogP) is 7.88. The van der Waals surface area contributed by atoms with E-state index in [-0.39, 0.29) is 0 Å². The van der Waals surface area contributed by atoms with E-state index in [4.69, 9.17) is 0 Å². The van der Waals surface area contributed by atoms with Gasteiger partial charge in [0.2, 0.25) is 0 Å². The number of unbranched alkanes of at least 4 members (excludes halogenated alkanes) is 1. The molecule has 0 radical (unpaired) electrons. The highest BCUT2D eigenvalue weighted by molar-refractivity contribution is 5.67. The van der Waals surface area contributed by atoms with Crippen molar-refractivity contribution in [2.75, 3.05) is 0 Å². The van der Waals surface area contributed by atoms with E-state index < -0.39 is 0 Å². The highest BCUT2D eigenvalue weighted by Crippen LogP contribution is 2.32. The number of benzene rings is 2. The predicted molar refractivity (Wildman–Crippen MR) is 123 cm³/mol. The fraction of sp³-hybridized carbons (Fsp3) is 0.357. The van der Waals surface area contributed by atoms with Crippen molar-refractivity contribution >= 4 is 11.6 Å². The van der Waals surface area contributed by atoms with Crippen LogP contribution in [0.5, 0.6) is 0 Å². The van der Waals surface area contributed by atoms with E-state index in [1.807, 2.05) is 0 Å². The van der Waals surface area contributed by atoms with E-state index in [1.165, 1.54) is 55.2 Å². The average molecular weight is 369 g/mol. The van der Waals surface area contributed by atoms with Crippen LogP contribution in [0, 0.1) is 17.8 Å². The molecule has 2 aromatic rings. The van der Waals surface area contributed by atoms with Gasteiger partial charge in [0.15, 0.2) is 0 Å². The summed E-state index contributed by atoms with van der Waals surface area (Å²) in [4.78, 5) is 0. The molecule has 0 aromatic heterocycles. The van der Waals surface area contributed by atoms with Gasteiger partial charge in [0.1, 0.15) is 0 Å². The van der Waals surface area contributed by atoms with Crippen molar-refractivity contribution in [3.63, 3.8) is 0 Å². The van der Waals surface area contributed by atoms with Crippen LogP contribution in [-0.4, -0.2) is 0 Å². The van der Waals surface area contributed by atoms with E-state index >= 15 is 0 Å². The van der Waals surface area contributed by atoms with E-state index in [0.29, 0.717) is 0 Å². The Kier molecular flexibility index (Phi) is 7.74. The molecule has 0 nitrogen and oxygen atoms in total. The lowest BCUT2D eigenvalue weighted by Gasteiger charge is -2.21. The summed E-state index contributed by atoms with van der Waals surface area (Å²) >= 11 is 0. The summed E-state index contributed by atoms with van der Waals surface area (Å²) in [7, 11) is 0. The third-order valence-corrected chi connectivity index (χ3v) is 5.50. The highest BCUT2D eigenvalue weighted by Gasteiger charge is 2.14. The molecule has 1 atom stereocenters. The van der Waals surface area contributed by atoms with Gasteiger partial charge in [0, 0.05) is 11.1 Å². The number of allylic oxidation sites excluding steroid dienone is 3. The second-order valence-corrected chi connectivity index (χ2v) is 7.80. The van der Waals surface area contributed by atoms with Crippen LogP contribution < -0.4 is 0 Å². The Balaban J connectivity index is 1.61.